The fourth-order valence-electron chi connectivity index (χ4n) is 1.56. The van der Waals surface area contributed by atoms with Crippen molar-refractivity contribution in [3.05, 3.63) is 12.2 Å². The van der Waals surface area contributed by atoms with E-state index in [4.69, 9.17) is 5.11 Å². The molecular formula is C10H18O2. The molecule has 0 aromatic heterocycles. The molecule has 0 aromatic rings. The van der Waals surface area contributed by atoms with Gasteiger partial charge in [0.1, 0.15) is 0 Å². The van der Waals surface area contributed by atoms with Crippen LogP contribution in [0.5, 0.6) is 0 Å². The van der Waals surface area contributed by atoms with Crippen molar-refractivity contribution in [2.75, 3.05) is 6.61 Å². The van der Waals surface area contributed by atoms with Crippen molar-refractivity contribution >= 4 is 0 Å². The fourth-order valence-corrected chi connectivity index (χ4v) is 1.56. The normalized spacial score (nSPS) is 40.1. The smallest absolute Gasteiger partial charge is 0.0721 e. The Balaban J connectivity index is 2.54. The molecule has 0 aromatic carbocycles. The number of hydrogen-bond acceptors (Lipinski definition) is 2. The van der Waals surface area contributed by atoms with E-state index in [2.05, 4.69) is 6.92 Å². The molecule has 0 bridgehead atoms. The van der Waals surface area contributed by atoms with Crippen LogP contribution in [0, 0.1) is 5.41 Å². The molecule has 1 aliphatic rings. The van der Waals surface area contributed by atoms with E-state index in [9.17, 15) is 5.11 Å². The van der Waals surface area contributed by atoms with Gasteiger partial charge in [0, 0.05) is 6.61 Å². The van der Waals surface area contributed by atoms with Crippen molar-refractivity contribution in [2.45, 2.75) is 38.7 Å². The van der Waals surface area contributed by atoms with Gasteiger partial charge in [0.15, 0.2) is 0 Å². The molecule has 0 saturated heterocycles. The first-order valence-corrected chi connectivity index (χ1v) is 4.62. The molecule has 0 aliphatic heterocycles. The molecule has 2 heteroatoms. The topological polar surface area (TPSA) is 40.5 Å². The lowest BCUT2D eigenvalue weighted by molar-refractivity contribution is 0.0993. The molecule has 0 unspecified atom stereocenters. The summed E-state index contributed by atoms with van der Waals surface area (Å²) in [4.78, 5) is 0. The summed E-state index contributed by atoms with van der Waals surface area (Å²) in [6.45, 7) is 2.31. The Kier molecular flexibility index (Phi) is 3.29. The van der Waals surface area contributed by atoms with E-state index < -0.39 is 0 Å². The predicted octanol–water partition coefficient (Wildman–Crippen LogP) is 1.48. The molecule has 0 saturated carbocycles. The van der Waals surface area contributed by atoms with Crippen LogP contribution in [0.3, 0.4) is 0 Å². The highest BCUT2D eigenvalue weighted by atomic mass is 16.3. The molecule has 1 rings (SSSR count). The van der Waals surface area contributed by atoms with Crippen LogP contribution in [0.1, 0.15) is 32.6 Å². The second-order valence-electron chi connectivity index (χ2n) is 4.04. The predicted molar refractivity (Wildman–Crippen MR) is 48.8 cm³/mol. The standard InChI is InChI=1S/C10H18O2/c1-10(8-11)6-3-2-4-9(12)5-7-10/h2,4,9,11-12H,3,5-8H2,1H3/b4-2-/t9-,10+/m1/s1. The lowest BCUT2D eigenvalue weighted by Crippen LogP contribution is -2.24. The van der Waals surface area contributed by atoms with E-state index in [-0.39, 0.29) is 18.1 Å². The molecular weight excluding hydrogens is 152 g/mol. The van der Waals surface area contributed by atoms with Crippen molar-refractivity contribution < 1.29 is 10.2 Å². The Labute approximate surface area is 73.9 Å². The van der Waals surface area contributed by atoms with Crippen molar-refractivity contribution in [3.8, 4) is 0 Å². The average Bonchev–Trinajstić information content (AvgIpc) is 2.07. The monoisotopic (exact) mass is 170 g/mol. The molecule has 2 nitrogen and oxygen atoms in total. The number of rotatable bonds is 1. The van der Waals surface area contributed by atoms with Crippen LogP contribution in [-0.2, 0) is 0 Å². The maximum Gasteiger partial charge on any atom is 0.0721 e. The largest absolute Gasteiger partial charge is 0.396 e. The first-order valence-electron chi connectivity index (χ1n) is 4.62. The third-order valence-corrected chi connectivity index (χ3v) is 2.70. The van der Waals surface area contributed by atoms with Crippen LogP contribution in [0.2, 0.25) is 0 Å². The summed E-state index contributed by atoms with van der Waals surface area (Å²) in [5.74, 6) is 0. The first kappa shape index (κ1) is 9.75. The van der Waals surface area contributed by atoms with Gasteiger partial charge in [-0.05, 0) is 31.1 Å². The number of hydrogen-bond donors (Lipinski definition) is 2. The molecule has 0 radical (unpaired) electrons. The Hall–Kier alpha value is -0.340. The van der Waals surface area contributed by atoms with E-state index in [0.717, 1.165) is 25.7 Å². The van der Waals surface area contributed by atoms with Crippen LogP contribution in [0.15, 0.2) is 12.2 Å². The van der Waals surface area contributed by atoms with Crippen molar-refractivity contribution in [1.82, 2.24) is 0 Å². The van der Waals surface area contributed by atoms with Gasteiger partial charge in [-0.2, -0.15) is 0 Å². The van der Waals surface area contributed by atoms with Gasteiger partial charge in [0.25, 0.3) is 0 Å². The minimum Gasteiger partial charge on any atom is -0.396 e. The number of aliphatic hydroxyl groups is 2. The van der Waals surface area contributed by atoms with Crippen molar-refractivity contribution in [2.24, 2.45) is 5.41 Å². The third-order valence-electron chi connectivity index (χ3n) is 2.70. The Morgan fingerprint density at radius 3 is 2.92 bits per heavy atom. The Bertz CT molecular complexity index is 165. The summed E-state index contributed by atoms with van der Waals surface area (Å²) in [7, 11) is 0. The van der Waals surface area contributed by atoms with E-state index in [0.29, 0.717) is 0 Å². The molecule has 0 amide bonds. The van der Waals surface area contributed by atoms with Crippen LogP contribution in [0.25, 0.3) is 0 Å². The van der Waals surface area contributed by atoms with E-state index in [1.165, 1.54) is 0 Å². The molecule has 1 aliphatic carbocycles. The summed E-state index contributed by atoms with van der Waals surface area (Å²) in [6.07, 6.45) is 7.23. The second kappa shape index (κ2) is 4.06. The lowest BCUT2D eigenvalue weighted by atomic mass is 9.80. The van der Waals surface area contributed by atoms with Crippen LogP contribution >= 0.6 is 0 Å². The minimum absolute atomic E-state index is 0.0196. The molecule has 2 N–H and O–H groups in total. The van der Waals surface area contributed by atoms with Crippen LogP contribution < -0.4 is 0 Å². The van der Waals surface area contributed by atoms with Gasteiger partial charge in [-0.3, -0.25) is 0 Å². The molecule has 0 heterocycles. The van der Waals surface area contributed by atoms with Gasteiger partial charge in [-0.1, -0.05) is 19.1 Å². The maximum atomic E-state index is 9.37. The maximum absolute atomic E-state index is 9.37. The van der Waals surface area contributed by atoms with Gasteiger partial charge in [0.2, 0.25) is 0 Å². The lowest BCUT2D eigenvalue weighted by Gasteiger charge is -2.28. The Morgan fingerprint density at radius 2 is 2.25 bits per heavy atom. The van der Waals surface area contributed by atoms with E-state index in [1.807, 2.05) is 12.2 Å². The molecule has 70 valence electrons. The quantitative estimate of drug-likeness (QED) is 0.585. The summed E-state index contributed by atoms with van der Waals surface area (Å²) < 4.78 is 0. The average molecular weight is 170 g/mol. The van der Waals surface area contributed by atoms with E-state index in [1.54, 1.807) is 0 Å². The minimum atomic E-state index is -0.309. The second-order valence-corrected chi connectivity index (χ2v) is 4.04. The molecule has 2 atom stereocenters. The molecule has 0 fully saturated rings. The van der Waals surface area contributed by atoms with Crippen LogP contribution in [0.4, 0.5) is 0 Å². The highest BCUT2D eigenvalue weighted by Crippen LogP contribution is 2.30. The number of aliphatic hydroxyl groups excluding tert-OH is 2. The summed E-state index contributed by atoms with van der Waals surface area (Å²) in [5.41, 5.74) is 0.0196. The van der Waals surface area contributed by atoms with Gasteiger partial charge in [-0.15, -0.1) is 0 Å². The van der Waals surface area contributed by atoms with Crippen LogP contribution in [-0.4, -0.2) is 22.9 Å². The van der Waals surface area contributed by atoms with Gasteiger partial charge in [-0.25, -0.2) is 0 Å². The summed E-state index contributed by atoms with van der Waals surface area (Å²) >= 11 is 0. The third kappa shape index (κ3) is 2.61. The number of allylic oxidation sites excluding steroid dienone is 1. The SMILES string of the molecule is C[C@]1(CO)CC/C=C\[C@@H](O)CC1. The summed E-state index contributed by atoms with van der Waals surface area (Å²) in [5, 5.41) is 18.5. The van der Waals surface area contributed by atoms with E-state index >= 15 is 0 Å². The van der Waals surface area contributed by atoms with Gasteiger partial charge >= 0.3 is 0 Å². The Morgan fingerprint density at radius 1 is 1.50 bits per heavy atom. The van der Waals surface area contributed by atoms with Crippen molar-refractivity contribution in [1.29, 1.82) is 0 Å². The zero-order chi connectivity index (χ0) is 9.03. The van der Waals surface area contributed by atoms with Gasteiger partial charge in [0.05, 0.1) is 6.10 Å². The van der Waals surface area contributed by atoms with Gasteiger partial charge < -0.3 is 10.2 Å². The highest BCUT2D eigenvalue weighted by Gasteiger charge is 2.24. The fraction of sp³-hybridized carbons (Fsp3) is 0.800. The molecule has 0 spiro atoms. The zero-order valence-corrected chi connectivity index (χ0v) is 7.66. The highest BCUT2D eigenvalue weighted by molar-refractivity contribution is 4.93. The summed E-state index contributed by atoms with van der Waals surface area (Å²) in [6, 6.07) is 0. The molecule has 12 heavy (non-hydrogen) atoms. The zero-order valence-electron chi connectivity index (χ0n) is 7.66. The van der Waals surface area contributed by atoms with Crippen molar-refractivity contribution in [3.63, 3.8) is 0 Å². The first-order chi connectivity index (χ1) is 5.66.